The molecule has 0 saturated heterocycles. The van der Waals surface area contributed by atoms with E-state index >= 15 is 0 Å². The molecule has 0 aliphatic heterocycles. The second-order valence-electron chi connectivity index (χ2n) is 8.96. The number of allylic oxidation sites excluding steroid dienone is 2. The average molecular weight is 318 g/mol. The Morgan fingerprint density at radius 2 is 2.04 bits per heavy atom. The first-order valence-electron chi connectivity index (χ1n) is 8.84. The maximum Gasteiger partial charge on any atom is 0.134 e. The summed E-state index contributed by atoms with van der Waals surface area (Å²) >= 11 is 0. The summed E-state index contributed by atoms with van der Waals surface area (Å²) in [5, 5.41) is 20.8. The summed E-state index contributed by atoms with van der Waals surface area (Å²) in [5.74, 6) is 0.676. The van der Waals surface area contributed by atoms with Gasteiger partial charge < -0.3 is 10.2 Å². The molecule has 0 amide bonds. The third-order valence-electron chi connectivity index (χ3n) is 7.15. The fourth-order valence-electron chi connectivity index (χ4n) is 5.80. The zero-order valence-electron chi connectivity index (χ0n) is 14.6. The highest BCUT2D eigenvalue weighted by Gasteiger charge is 2.59. The van der Waals surface area contributed by atoms with Crippen LogP contribution in [-0.4, -0.2) is 28.7 Å². The predicted molar refractivity (Wildman–Crippen MR) is 90.8 cm³/mol. The van der Waals surface area contributed by atoms with Crippen molar-refractivity contribution in [2.45, 2.75) is 59.0 Å². The van der Waals surface area contributed by atoms with Crippen molar-refractivity contribution in [3.8, 4) is 0 Å². The third-order valence-corrected chi connectivity index (χ3v) is 7.15. The van der Waals surface area contributed by atoms with Crippen molar-refractivity contribution in [2.75, 3.05) is 6.61 Å². The molecule has 0 heterocycles. The van der Waals surface area contributed by atoms with Crippen LogP contribution < -0.4 is 0 Å². The van der Waals surface area contributed by atoms with Crippen molar-refractivity contribution in [1.82, 2.24) is 0 Å². The van der Waals surface area contributed by atoms with Crippen LogP contribution in [0.15, 0.2) is 24.3 Å². The van der Waals surface area contributed by atoms with Gasteiger partial charge in [0.2, 0.25) is 0 Å². The van der Waals surface area contributed by atoms with E-state index in [1.54, 1.807) is 0 Å². The molecule has 3 aliphatic carbocycles. The highest BCUT2D eigenvalue weighted by molar-refractivity contribution is 5.81. The highest BCUT2D eigenvalue weighted by Crippen LogP contribution is 2.63. The molecule has 3 nitrogen and oxygen atoms in total. The second-order valence-corrected chi connectivity index (χ2v) is 8.96. The summed E-state index contributed by atoms with van der Waals surface area (Å²) in [7, 11) is 0. The van der Waals surface area contributed by atoms with E-state index in [1.807, 2.05) is 13.0 Å². The zero-order valence-corrected chi connectivity index (χ0v) is 14.6. The molecule has 23 heavy (non-hydrogen) atoms. The van der Waals surface area contributed by atoms with Gasteiger partial charge in [-0.05, 0) is 42.1 Å². The van der Waals surface area contributed by atoms with Crippen LogP contribution in [0.3, 0.4) is 0 Å². The molecule has 2 saturated carbocycles. The van der Waals surface area contributed by atoms with Crippen LogP contribution in [0.4, 0.5) is 0 Å². The van der Waals surface area contributed by atoms with Crippen LogP contribution in [-0.2, 0) is 4.79 Å². The molecule has 0 bridgehead atoms. The summed E-state index contributed by atoms with van der Waals surface area (Å²) in [5.41, 5.74) is 0.484. The number of ketones is 1. The van der Waals surface area contributed by atoms with E-state index in [1.165, 1.54) is 0 Å². The molecule has 3 rings (SSSR count). The Balaban J connectivity index is 2.07. The lowest BCUT2D eigenvalue weighted by atomic mass is 9.44. The Hall–Kier alpha value is -0.930. The van der Waals surface area contributed by atoms with Gasteiger partial charge in [-0.2, -0.15) is 0 Å². The number of hydrogen-bond donors (Lipinski definition) is 2. The fraction of sp³-hybridized carbons (Fsp3) is 0.750. The summed E-state index contributed by atoms with van der Waals surface area (Å²) in [6, 6.07) is 0. The molecule has 0 aromatic rings. The van der Waals surface area contributed by atoms with E-state index in [0.29, 0.717) is 19.3 Å². The van der Waals surface area contributed by atoms with Crippen molar-refractivity contribution < 1.29 is 15.0 Å². The lowest BCUT2D eigenvalue weighted by Crippen LogP contribution is -2.57. The van der Waals surface area contributed by atoms with Gasteiger partial charge in [-0.15, -0.1) is 6.58 Å². The minimum absolute atomic E-state index is 0.0157. The first-order valence-corrected chi connectivity index (χ1v) is 8.84. The van der Waals surface area contributed by atoms with Crippen molar-refractivity contribution in [3.63, 3.8) is 0 Å². The van der Waals surface area contributed by atoms with Gasteiger partial charge >= 0.3 is 0 Å². The minimum Gasteiger partial charge on any atom is -0.396 e. The van der Waals surface area contributed by atoms with Crippen LogP contribution in [0, 0.1) is 28.1 Å². The van der Waals surface area contributed by atoms with E-state index in [2.05, 4.69) is 26.5 Å². The standard InChI is InChI=1S/C20H30O3/c1-5-18(2)7-6-15-14(11-18)16(23)8-17-19(3,12-21)9-13(22)10-20(15,17)4/h5,11,15-17,21,23H,1,6-10,12H2,2-4H3/t15-,16+,17-,18-,19-,20+/m1/s1. The minimum atomic E-state index is -0.461. The Morgan fingerprint density at radius 1 is 1.35 bits per heavy atom. The van der Waals surface area contributed by atoms with Crippen molar-refractivity contribution in [3.05, 3.63) is 24.3 Å². The molecule has 128 valence electrons. The molecule has 3 aliphatic rings. The number of aliphatic hydroxyl groups excluding tert-OH is 2. The molecule has 2 fully saturated rings. The van der Waals surface area contributed by atoms with Crippen molar-refractivity contribution >= 4 is 5.78 Å². The number of rotatable bonds is 2. The molecular formula is C20H30O3. The molecule has 0 spiro atoms. The van der Waals surface area contributed by atoms with Gasteiger partial charge in [-0.25, -0.2) is 0 Å². The van der Waals surface area contributed by atoms with Crippen LogP contribution in [0.5, 0.6) is 0 Å². The van der Waals surface area contributed by atoms with E-state index in [0.717, 1.165) is 18.4 Å². The number of aliphatic hydroxyl groups is 2. The molecule has 2 N–H and O–H groups in total. The molecule has 6 atom stereocenters. The zero-order chi connectivity index (χ0) is 17.0. The topological polar surface area (TPSA) is 57.5 Å². The van der Waals surface area contributed by atoms with Gasteiger partial charge in [0.25, 0.3) is 0 Å². The van der Waals surface area contributed by atoms with E-state index in [-0.39, 0.29) is 35.1 Å². The fourth-order valence-corrected chi connectivity index (χ4v) is 5.80. The van der Waals surface area contributed by atoms with Crippen molar-refractivity contribution in [2.24, 2.45) is 28.1 Å². The van der Waals surface area contributed by atoms with Gasteiger partial charge in [-0.3, -0.25) is 4.79 Å². The van der Waals surface area contributed by atoms with Gasteiger partial charge in [0.1, 0.15) is 5.78 Å². The molecule has 0 aromatic heterocycles. The maximum absolute atomic E-state index is 12.4. The number of carbonyl (C=O) groups is 1. The maximum atomic E-state index is 12.4. The number of hydrogen-bond acceptors (Lipinski definition) is 3. The average Bonchev–Trinajstić information content (AvgIpc) is 2.49. The summed E-state index contributed by atoms with van der Waals surface area (Å²) in [6.45, 7) is 10.4. The Morgan fingerprint density at radius 3 is 2.65 bits per heavy atom. The quantitative estimate of drug-likeness (QED) is 0.768. The number of fused-ring (bicyclic) bond motifs is 3. The van der Waals surface area contributed by atoms with Gasteiger partial charge in [0.15, 0.2) is 0 Å². The first-order chi connectivity index (χ1) is 10.7. The van der Waals surface area contributed by atoms with Crippen LogP contribution in [0.1, 0.15) is 52.9 Å². The van der Waals surface area contributed by atoms with Crippen LogP contribution >= 0.6 is 0 Å². The molecule has 0 unspecified atom stereocenters. The highest BCUT2D eigenvalue weighted by atomic mass is 16.3. The van der Waals surface area contributed by atoms with E-state index in [4.69, 9.17) is 0 Å². The van der Waals surface area contributed by atoms with Gasteiger partial charge in [-0.1, -0.05) is 32.9 Å². The van der Waals surface area contributed by atoms with E-state index < -0.39 is 11.5 Å². The number of carbonyl (C=O) groups excluding carboxylic acids is 1. The molecular weight excluding hydrogens is 288 g/mol. The van der Waals surface area contributed by atoms with E-state index in [9.17, 15) is 15.0 Å². The number of Topliss-reactive ketones (excluding diaryl/α,β-unsaturated/α-hetero) is 1. The normalized spacial score (nSPS) is 49.9. The monoisotopic (exact) mass is 318 g/mol. The Kier molecular flexibility index (Phi) is 3.89. The summed E-state index contributed by atoms with van der Waals surface area (Å²) < 4.78 is 0. The SMILES string of the molecule is C=C[C@@]1(C)C=C2[C@@H](CC1)[C@]1(C)CC(=O)C[C@](C)(CO)[C@H]1C[C@@H]2O. The van der Waals surface area contributed by atoms with Crippen LogP contribution in [0.25, 0.3) is 0 Å². The van der Waals surface area contributed by atoms with Crippen molar-refractivity contribution in [1.29, 1.82) is 0 Å². The Bertz CT molecular complexity index is 565. The Labute approximate surface area is 139 Å². The lowest BCUT2D eigenvalue weighted by molar-refractivity contribution is -0.150. The molecule has 0 radical (unpaired) electrons. The van der Waals surface area contributed by atoms with Crippen LogP contribution in [0.2, 0.25) is 0 Å². The largest absolute Gasteiger partial charge is 0.396 e. The van der Waals surface area contributed by atoms with Gasteiger partial charge in [0.05, 0.1) is 6.10 Å². The third kappa shape index (κ3) is 2.44. The molecule has 3 heteroatoms. The predicted octanol–water partition coefficient (Wildman–Crippen LogP) is 3.26. The first kappa shape index (κ1) is 16.9. The summed E-state index contributed by atoms with van der Waals surface area (Å²) in [6.07, 6.45) is 7.36. The smallest absolute Gasteiger partial charge is 0.134 e. The second kappa shape index (κ2) is 5.29. The summed E-state index contributed by atoms with van der Waals surface area (Å²) in [4.78, 5) is 12.4. The lowest BCUT2D eigenvalue weighted by Gasteiger charge is -2.60. The van der Waals surface area contributed by atoms with Gasteiger partial charge in [0, 0.05) is 30.3 Å². The molecule has 0 aromatic carbocycles.